The van der Waals surface area contributed by atoms with Gasteiger partial charge in [0.2, 0.25) is 5.91 Å². The highest BCUT2D eigenvalue weighted by Gasteiger charge is 2.07. The second-order valence-corrected chi connectivity index (χ2v) is 6.06. The third-order valence-electron chi connectivity index (χ3n) is 3.15. The number of benzene rings is 2. The molecule has 24 heavy (non-hydrogen) atoms. The maximum atomic E-state index is 12.0. The highest BCUT2D eigenvalue weighted by Crippen LogP contribution is 2.20. The number of nitrogens with one attached hydrogen (secondary N) is 3. The first-order chi connectivity index (χ1) is 11.4. The van der Waals surface area contributed by atoms with Crippen LogP contribution in [0.5, 0.6) is 0 Å². The van der Waals surface area contributed by atoms with Gasteiger partial charge in [-0.1, -0.05) is 35.9 Å². The Balaban J connectivity index is 1.90. The molecule has 2 aromatic rings. The summed E-state index contributed by atoms with van der Waals surface area (Å²) >= 11 is 6.00. The van der Waals surface area contributed by atoms with E-state index in [0.29, 0.717) is 22.8 Å². The smallest absolute Gasteiger partial charge is 0.323 e. The van der Waals surface area contributed by atoms with Gasteiger partial charge in [0, 0.05) is 11.7 Å². The van der Waals surface area contributed by atoms with E-state index in [-0.39, 0.29) is 18.0 Å². The molecule has 0 saturated heterocycles. The molecular formula is C18H20ClN3O2. The molecular weight excluding hydrogens is 326 g/mol. The number of rotatable bonds is 5. The normalized spacial score (nSPS) is 10.3. The van der Waals surface area contributed by atoms with Gasteiger partial charge in [-0.3, -0.25) is 4.79 Å². The fraction of sp³-hybridized carbons (Fsp3) is 0.222. The highest BCUT2D eigenvalue weighted by molar-refractivity contribution is 6.33. The van der Waals surface area contributed by atoms with E-state index < -0.39 is 0 Å². The van der Waals surface area contributed by atoms with E-state index in [1.807, 2.05) is 26.0 Å². The van der Waals surface area contributed by atoms with Gasteiger partial charge in [-0.05, 0) is 43.7 Å². The van der Waals surface area contributed by atoms with E-state index in [0.717, 1.165) is 5.56 Å². The minimum Gasteiger partial charge on any atom is -0.354 e. The van der Waals surface area contributed by atoms with Gasteiger partial charge < -0.3 is 16.0 Å². The molecule has 3 N–H and O–H groups in total. The molecule has 6 heteroatoms. The summed E-state index contributed by atoms with van der Waals surface area (Å²) in [7, 11) is 0. The lowest BCUT2D eigenvalue weighted by Gasteiger charge is -2.10. The molecule has 0 radical (unpaired) electrons. The zero-order valence-corrected chi connectivity index (χ0v) is 14.4. The van der Waals surface area contributed by atoms with Crippen molar-refractivity contribution in [2.45, 2.75) is 26.3 Å². The van der Waals surface area contributed by atoms with Gasteiger partial charge in [0.05, 0.1) is 17.1 Å². The summed E-state index contributed by atoms with van der Waals surface area (Å²) in [6, 6.07) is 13.9. The van der Waals surface area contributed by atoms with Crippen molar-refractivity contribution in [3.05, 3.63) is 59.1 Å². The fourth-order valence-corrected chi connectivity index (χ4v) is 2.29. The lowest BCUT2D eigenvalue weighted by molar-refractivity contribution is -0.120. The van der Waals surface area contributed by atoms with Crippen LogP contribution >= 0.6 is 11.6 Å². The van der Waals surface area contributed by atoms with E-state index in [1.165, 1.54) is 0 Å². The number of hydrogen-bond donors (Lipinski definition) is 3. The molecule has 0 aliphatic carbocycles. The van der Waals surface area contributed by atoms with Crippen LogP contribution in [0.25, 0.3) is 0 Å². The van der Waals surface area contributed by atoms with Crippen LogP contribution in [0.2, 0.25) is 5.02 Å². The van der Waals surface area contributed by atoms with Crippen LogP contribution in [-0.4, -0.2) is 18.0 Å². The second kappa shape index (κ2) is 8.36. The number of carbonyl (C=O) groups is 2. The minimum atomic E-state index is -0.381. The number of amides is 3. The largest absolute Gasteiger partial charge is 0.354 e. The van der Waals surface area contributed by atoms with Gasteiger partial charge in [0.25, 0.3) is 0 Å². The molecule has 0 aliphatic heterocycles. The van der Waals surface area contributed by atoms with Crippen LogP contribution in [0.4, 0.5) is 16.2 Å². The first-order valence-electron chi connectivity index (χ1n) is 7.65. The van der Waals surface area contributed by atoms with Gasteiger partial charge >= 0.3 is 6.03 Å². The van der Waals surface area contributed by atoms with Crippen LogP contribution in [0.1, 0.15) is 19.4 Å². The second-order valence-electron chi connectivity index (χ2n) is 5.65. The number of hydrogen-bond acceptors (Lipinski definition) is 2. The minimum absolute atomic E-state index is 0.0258. The third kappa shape index (κ3) is 5.59. The van der Waals surface area contributed by atoms with Crippen LogP contribution in [0.3, 0.4) is 0 Å². The summed E-state index contributed by atoms with van der Waals surface area (Å²) < 4.78 is 0. The van der Waals surface area contributed by atoms with Crippen molar-refractivity contribution in [2.75, 3.05) is 10.6 Å². The molecule has 0 unspecified atom stereocenters. The van der Waals surface area contributed by atoms with Crippen LogP contribution in [0.15, 0.2) is 48.5 Å². The topological polar surface area (TPSA) is 70.2 Å². The molecule has 0 spiro atoms. The van der Waals surface area contributed by atoms with Gasteiger partial charge in [-0.2, -0.15) is 0 Å². The zero-order chi connectivity index (χ0) is 17.5. The quantitative estimate of drug-likeness (QED) is 0.765. The third-order valence-corrected chi connectivity index (χ3v) is 3.48. The first kappa shape index (κ1) is 17.8. The predicted octanol–water partition coefficient (Wildman–Crippen LogP) is 4.05. The standard InChI is InChI=1S/C18H20ClN3O2/c1-12(2)20-17(23)11-13-7-9-14(10-8-13)21-18(24)22-16-6-4-3-5-15(16)19/h3-10,12H,11H2,1-2H3,(H,20,23)(H2,21,22,24). The lowest BCUT2D eigenvalue weighted by atomic mass is 10.1. The van der Waals surface area contributed by atoms with E-state index in [2.05, 4.69) is 16.0 Å². The van der Waals surface area contributed by atoms with Crippen LogP contribution in [0, 0.1) is 0 Å². The number of anilines is 2. The Hall–Kier alpha value is -2.53. The Morgan fingerprint density at radius 3 is 2.29 bits per heavy atom. The van der Waals surface area contributed by atoms with Crippen molar-refractivity contribution >= 4 is 34.9 Å². The van der Waals surface area contributed by atoms with E-state index >= 15 is 0 Å². The van der Waals surface area contributed by atoms with Crippen LogP contribution < -0.4 is 16.0 Å². The first-order valence-corrected chi connectivity index (χ1v) is 8.02. The molecule has 126 valence electrons. The molecule has 0 aromatic heterocycles. The number of para-hydroxylation sites is 1. The maximum absolute atomic E-state index is 12.0. The molecule has 0 bridgehead atoms. The Morgan fingerprint density at radius 2 is 1.67 bits per heavy atom. The van der Waals surface area contributed by atoms with Crippen molar-refractivity contribution in [3.63, 3.8) is 0 Å². The predicted molar refractivity (Wildman–Crippen MR) is 97.5 cm³/mol. The number of urea groups is 1. The summed E-state index contributed by atoms with van der Waals surface area (Å²) in [4.78, 5) is 23.7. The average Bonchev–Trinajstić information content (AvgIpc) is 2.51. The summed E-state index contributed by atoms with van der Waals surface area (Å²) in [6.45, 7) is 3.84. The van der Waals surface area contributed by atoms with Gasteiger partial charge in [0.15, 0.2) is 0 Å². The number of halogens is 1. The summed E-state index contributed by atoms with van der Waals surface area (Å²) in [5, 5.41) is 8.71. The lowest BCUT2D eigenvalue weighted by Crippen LogP contribution is -2.31. The summed E-state index contributed by atoms with van der Waals surface area (Å²) in [5.41, 5.74) is 2.05. The Kier molecular flexibility index (Phi) is 6.21. The molecule has 2 rings (SSSR count). The monoisotopic (exact) mass is 345 g/mol. The average molecular weight is 346 g/mol. The van der Waals surface area contributed by atoms with Gasteiger partial charge in [-0.25, -0.2) is 4.79 Å². The van der Waals surface area contributed by atoms with Gasteiger partial charge in [0.1, 0.15) is 0 Å². The Morgan fingerprint density at radius 1 is 1.00 bits per heavy atom. The van der Waals surface area contributed by atoms with Crippen molar-refractivity contribution in [3.8, 4) is 0 Å². The van der Waals surface area contributed by atoms with Crippen LogP contribution in [-0.2, 0) is 11.2 Å². The molecule has 0 atom stereocenters. The molecule has 0 aliphatic rings. The Labute approximate surface area is 146 Å². The zero-order valence-electron chi connectivity index (χ0n) is 13.6. The summed E-state index contributed by atoms with van der Waals surface area (Å²) in [6.07, 6.45) is 0.310. The van der Waals surface area contributed by atoms with E-state index in [1.54, 1.807) is 36.4 Å². The van der Waals surface area contributed by atoms with Crippen molar-refractivity contribution in [1.82, 2.24) is 5.32 Å². The fourth-order valence-electron chi connectivity index (χ4n) is 2.11. The molecule has 0 fully saturated rings. The molecule has 2 aromatic carbocycles. The summed E-state index contributed by atoms with van der Waals surface area (Å²) in [5.74, 6) is -0.0258. The Bertz CT molecular complexity index is 714. The SMILES string of the molecule is CC(C)NC(=O)Cc1ccc(NC(=O)Nc2ccccc2Cl)cc1. The van der Waals surface area contributed by atoms with E-state index in [9.17, 15) is 9.59 Å². The highest BCUT2D eigenvalue weighted by atomic mass is 35.5. The molecule has 0 heterocycles. The van der Waals surface area contributed by atoms with Crippen molar-refractivity contribution in [1.29, 1.82) is 0 Å². The number of carbonyl (C=O) groups excluding carboxylic acids is 2. The van der Waals surface area contributed by atoms with Crippen molar-refractivity contribution < 1.29 is 9.59 Å². The maximum Gasteiger partial charge on any atom is 0.323 e. The molecule has 0 saturated carbocycles. The van der Waals surface area contributed by atoms with E-state index in [4.69, 9.17) is 11.6 Å². The van der Waals surface area contributed by atoms with Crippen molar-refractivity contribution in [2.24, 2.45) is 0 Å². The van der Waals surface area contributed by atoms with Gasteiger partial charge in [-0.15, -0.1) is 0 Å². The molecule has 3 amide bonds. The molecule has 5 nitrogen and oxygen atoms in total.